The second-order valence-corrected chi connectivity index (χ2v) is 2.68. The molecule has 0 aromatic rings. The Morgan fingerprint density at radius 2 is 0.667 bits per heavy atom. The van der Waals surface area contributed by atoms with E-state index in [1.165, 1.54) is 0 Å². The normalized spacial score (nSPS) is 8.27. The Balaban J connectivity index is -0.0000000197. The average molecular weight is 457 g/mol. The molecule has 0 fully saturated rings. The Hall–Kier alpha value is 2.45. The van der Waals surface area contributed by atoms with Crippen LogP contribution in [0.15, 0.2) is 0 Å². The van der Waals surface area contributed by atoms with Crippen molar-refractivity contribution >= 4 is 26.3 Å². The molecule has 0 atom stereocenters. The van der Waals surface area contributed by atoms with Crippen LogP contribution in [-0.2, 0) is 73.3 Å². The molecule has 3 radical (unpaired) electrons. The molecule has 0 aliphatic carbocycles. The molecule has 0 N–H and O–H groups in total. The van der Waals surface area contributed by atoms with Crippen LogP contribution in [0.2, 0.25) is 0 Å². The second-order valence-electron chi connectivity index (χ2n) is 0.894. The van der Waals surface area contributed by atoms with E-state index in [1.54, 1.807) is 0 Å². The maximum atomic E-state index is 8.55. The number of rotatable bonds is 0. The van der Waals surface area contributed by atoms with Crippen molar-refractivity contribution < 1.29 is 103 Å². The molecule has 0 unspecified atom stereocenters. The van der Waals surface area contributed by atoms with E-state index in [-0.39, 0.29) is 50.3 Å². The van der Waals surface area contributed by atoms with Crippen molar-refractivity contribution in [1.29, 1.82) is 0 Å². The van der Waals surface area contributed by atoms with E-state index in [1.807, 2.05) is 0 Å². The van der Waals surface area contributed by atoms with E-state index in [0.717, 1.165) is 0 Å². The molecule has 15 heavy (non-hydrogen) atoms. The minimum absolute atomic E-state index is 0. The molecule has 0 aliphatic rings. The Labute approximate surface area is 128 Å². The number of hydrogen-bond acceptors (Lipinski definition) is 9. The fourth-order valence-corrected chi connectivity index (χ4v) is 0. The fraction of sp³-hybridized carbons (Fsp3) is 0. The van der Waals surface area contributed by atoms with Gasteiger partial charge in [0.15, 0.2) is 0 Å². The zero-order valence-electron chi connectivity index (χ0n) is 5.88. The van der Waals surface area contributed by atoms with E-state index in [9.17, 15) is 0 Å². The van der Waals surface area contributed by atoms with Gasteiger partial charge in [-0.15, -0.1) is 0 Å². The Kier molecular flexibility index (Phi) is 45.2. The van der Waals surface area contributed by atoms with Gasteiger partial charge in [0.05, 0.1) is 0 Å². The van der Waals surface area contributed by atoms with Crippen LogP contribution in [0.25, 0.3) is 0 Å². The molecule has 0 amide bonds. The summed E-state index contributed by atoms with van der Waals surface area (Å²) in [6.45, 7) is 0. The van der Waals surface area contributed by atoms with Crippen LogP contribution in [0.4, 0.5) is 0 Å². The van der Waals surface area contributed by atoms with Gasteiger partial charge in [0.1, 0.15) is 0 Å². The summed E-state index contributed by atoms with van der Waals surface area (Å²) in [5, 5.41) is 0. The molecule has 0 saturated heterocycles. The Morgan fingerprint density at radius 1 is 0.667 bits per heavy atom. The van der Waals surface area contributed by atoms with Gasteiger partial charge in [0.25, 0.3) is 0 Å². The molecule has 15 heteroatoms. The molecule has 0 aliphatic heterocycles. The molecule has 0 heterocycles. The van der Waals surface area contributed by atoms with Gasteiger partial charge in [-0.3, -0.25) is 0 Å². The summed E-state index contributed by atoms with van der Waals surface area (Å²) in [5.74, 6) is 0. The third-order valence-electron chi connectivity index (χ3n) is 0. The van der Waals surface area contributed by atoms with Crippen LogP contribution in [-0.4, -0.2) is 0 Å². The Morgan fingerprint density at radius 3 is 0.667 bits per heavy atom. The van der Waals surface area contributed by atoms with Crippen LogP contribution in [0.1, 0.15) is 0 Å². The standard InChI is InChI=1S/3Co.Ni.2H3O4P.S/c;;;;2*1-5(2,3)4;/h;;;;2*(H3,1,2,3,4);/q3*+2;;;;/p-6. The summed E-state index contributed by atoms with van der Waals surface area (Å²) >= 11 is 3.46. The maximum absolute atomic E-state index is 8.55. The van der Waals surface area contributed by atoms with Gasteiger partial charge in [-0.25, -0.2) is 0 Å². The van der Waals surface area contributed by atoms with Crippen molar-refractivity contribution in [2.45, 2.75) is 0 Å². The van der Waals surface area contributed by atoms with E-state index >= 15 is 0 Å². The topological polar surface area (TPSA) is 172 Å². The molecule has 0 saturated carbocycles. The van der Waals surface area contributed by atoms with E-state index < -0.39 is 15.6 Å². The van der Waals surface area contributed by atoms with Gasteiger partial charge in [-0.05, 0) is 0 Å². The third-order valence-corrected chi connectivity index (χ3v) is 0. The molecule has 0 rings (SSSR count). The van der Waals surface area contributed by atoms with Crippen LogP contribution in [0, 0.1) is 0 Å². The van der Waals surface area contributed by atoms with Crippen molar-refractivity contribution in [3.63, 3.8) is 0 Å². The Bertz CT molecular complexity index is 152. The molecule has 101 valence electrons. The second kappa shape index (κ2) is 18.8. The van der Waals surface area contributed by atoms with Gasteiger partial charge < -0.3 is 38.5 Å². The van der Waals surface area contributed by atoms with E-state index in [0.29, 0.717) is 0 Å². The van der Waals surface area contributed by atoms with Crippen molar-refractivity contribution in [2.75, 3.05) is 0 Å². The quantitative estimate of drug-likeness (QED) is 0.255. The molecule has 8 nitrogen and oxygen atoms in total. The van der Waals surface area contributed by atoms with Gasteiger partial charge >= 0.3 is 74.9 Å². The average Bonchev–Trinajstić information content (AvgIpc) is 1.59. The molecule has 0 bridgehead atoms. The van der Waals surface area contributed by atoms with Crippen molar-refractivity contribution in [3.8, 4) is 0 Å². The number of phosphoric acid groups is 2. The summed E-state index contributed by atoms with van der Waals surface area (Å²) in [6.07, 6.45) is 0. The van der Waals surface area contributed by atoms with Gasteiger partial charge in [-0.2, -0.15) is 15.6 Å². The van der Waals surface area contributed by atoms with E-state index in [2.05, 4.69) is 24.5 Å². The first-order valence-corrected chi connectivity index (χ1v) is 5.98. The molecular weight excluding hydrogens is 457 g/mol. The van der Waals surface area contributed by atoms with Crippen molar-refractivity contribution in [3.05, 3.63) is 0 Å². The fourth-order valence-electron chi connectivity index (χ4n) is 0. The van der Waals surface area contributed by atoms with Crippen LogP contribution in [0.3, 0.4) is 0 Å². The van der Waals surface area contributed by atoms with Crippen LogP contribution >= 0.6 is 26.3 Å². The molecule has 0 aromatic heterocycles. The van der Waals surface area contributed by atoms with Crippen LogP contribution in [0.5, 0.6) is 0 Å². The zero-order chi connectivity index (χ0) is 11.0. The van der Waals surface area contributed by atoms with Crippen molar-refractivity contribution in [1.82, 2.24) is 0 Å². The number of hydrogen-bond donors (Lipinski definition) is 0. The first-order valence-electron chi connectivity index (χ1n) is 1.59. The molecule has 0 spiro atoms. The summed E-state index contributed by atoms with van der Waals surface area (Å²) in [6, 6.07) is 0. The SMILES string of the molecule is O=P([O-])([O-])[O-].O=P([O-])([O-])[O-].[Co+2].[Co+2].[Co+2].[S]=[Ni]. The first kappa shape index (κ1) is 36.0. The summed E-state index contributed by atoms with van der Waals surface area (Å²) in [5.41, 5.74) is 0. The van der Waals surface area contributed by atoms with Gasteiger partial charge in [0.2, 0.25) is 0 Å². The van der Waals surface area contributed by atoms with Crippen LogP contribution < -0.4 is 29.4 Å². The van der Waals surface area contributed by atoms with Crippen molar-refractivity contribution in [2.24, 2.45) is 0 Å². The summed E-state index contributed by atoms with van der Waals surface area (Å²) in [7, 11) is -7.07. The zero-order valence-corrected chi connectivity index (χ0v) is 12.6. The summed E-state index contributed by atoms with van der Waals surface area (Å²) < 4.78 is 17.1. The van der Waals surface area contributed by atoms with Gasteiger partial charge in [-0.1, -0.05) is 0 Å². The molecule has 0 aromatic carbocycles. The monoisotopic (exact) mass is 457 g/mol. The third kappa shape index (κ3) is 571. The van der Waals surface area contributed by atoms with E-state index in [4.69, 9.17) is 38.5 Å². The first-order chi connectivity index (χ1) is 5.00. The predicted molar refractivity (Wildman–Crippen MR) is 22.8 cm³/mol. The molecular formula is Co3NiO8P2S. The minimum atomic E-state index is -5.39. The summed E-state index contributed by atoms with van der Waals surface area (Å²) in [4.78, 5) is 51.3. The predicted octanol–water partition coefficient (Wildman–Crippen LogP) is -5.01. The van der Waals surface area contributed by atoms with Gasteiger partial charge in [0, 0.05) is 0 Å².